The minimum atomic E-state index is -0.143. The van der Waals surface area contributed by atoms with Gasteiger partial charge in [0.2, 0.25) is 0 Å². The lowest BCUT2D eigenvalue weighted by atomic mass is 10.2. The fraction of sp³-hybridized carbons (Fsp3) is 0.250. The number of halogens is 2. The lowest BCUT2D eigenvalue weighted by molar-refractivity contribution is 0.0954. The number of amides is 1. The summed E-state index contributed by atoms with van der Waals surface area (Å²) in [7, 11) is 0. The van der Waals surface area contributed by atoms with Crippen LogP contribution >= 0.6 is 27.5 Å². The summed E-state index contributed by atoms with van der Waals surface area (Å²) in [5, 5.41) is 3.26. The van der Waals surface area contributed by atoms with Crippen LogP contribution in [0, 0.1) is 0 Å². The predicted molar refractivity (Wildman–Crippen MR) is 70.9 cm³/mol. The summed E-state index contributed by atoms with van der Waals surface area (Å²) in [5.41, 5.74) is 0.497. The summed E-state index contributed by atoms with van der Waals surface area (Å²) >= 11 is 9.29. The number of rotatable bonds is 4. The summed E-state index contributed by atoms with van der Waals surface area (Å²) < 4.78 is 0.732. The number of nitrogens with one attached hydrogen (secondary N) is 1. The number of benzene rings is 1. The molecule has 0 saturated carbocycles. The molecule has 4 heteroatoms. The van der Waals surface area contributed by atoms with Gasteiger partial charge in [-0.1, -0.05) is 29.8 Å². The van der Waals surface area contributed by atoms with Crippen molar-refractivity contribution in [2.24, 2.45) is 0 Å². The van der Waals surface area contributed by atoms with Gasteiger partial charge in [-0.3, -0.25) is 4.79 Å². The van der Waals surface area contributed by atoms with Gasteiger partial charge in [0.05, 0.1) is 10.6 Å². The first-order valence-electron chi connectivity index (χ1n) is 5.00. The molecular weight excluding hydrogens is 289 g/mol. The summed E-state index contributed by atoms with van der Waals surface area (Å²) in [6.07, 6.45) is 4.79. The Morgan fingerprint density at radius 2 is 2.31 bits per heavy atom. The molecular formula is C12H13BrClNO. The van der Waals surface area contributed by atoms with E-state index in [-0.39, 0.29) is 5.91 Å². The molecule has 1 N–H and O–H groups in total. The molecule has 0 unspecified atom stereocenters. The third-order valence-electron chi connectivity index (χ3n) is 2.03. The standard InChI is InChI=1S/C12H13BrClNO/c1-2-3-4-8-15-12(16)9-6-5-7-10(13)11(9)14/h2-3,5-7H,4,8H2,1H3,(H,15,16)/b3-2+. The number of hydrogen-bond donors (Lipinski definition) is 1. The second-order valence-corrected chi connectivity index (χ2v) is 4.45. The Labute approximate surface area is 109 Å². The van der Waals surface area contributed by atoms with Gasteiger partial charge in [-0.15, -0.1) is 0 Å². The second kappa shape index (κ2) is 6.71. The molecule has 0 bridgehead atoms. The topological polar surface area (TPSA) is 29.1 Å². The zero-order valence-corrected chi connectivity index (χ0v) is 11.3. The van der Waals surface area contributed by atoms with Crippen molar-refractivity contribution in [3.05, 3.63) is 45.4 Å². The first-order chi connectivity index (χ1) is 7.66. The molecule has 1 rings (SSSR count). The van der Waals surface area contributed by atoms with Crippen molar-refractivity contribution in [3.8, 4) is 0 Å². The molecule has 0 aliphatic rings. The van der Waals surface area contributed by atoms with E-state index >= 15 is 0 Å². The summed E-state index contributed by atoms with van der Waals surface area (Å²) in [6, 6.07) is 5.30. The fourth-order valence-electron chi connectivity index (χ4n) is 1.21. The van der Waals surface area contributed by atoms with E-state index in [1.165, 1.54) is 0 Å². The fourth-order valence-corrected chi connectivity index (χ4v) is 1.79. The molecule has 16 heavy (non-hydrogen) atoms. The molecule has 1 aromatic rings. The molecule has 86 valence electrons. The van der Waals surface area contributed by atoms with Gasteiger partial charge >= 0.3 is 0 Å². The Balaban J connectivity index is 2.63. The van der Waals surface area contributed by atoms with Gasteiger partial charge in [0.15, 0.2) is 0 Å². The normalized spacial score (nSPS) is 10.7. The van der Waals surface area contributed by atoms with Gasteiger partial charge in [0.25, 0.3) is 5.91 Å². The van der Waals surface area contributed by atoms with Crippen LogP contribution < -0.4 is 5.32 Å². The smallest absolute Gasteiger partial charge is 0.252 e. The first-order valence-corrected chi connectivity index (χ1v) is 6.17. The maximum Gasteiger partial charge on any atom is 0.252 e. The average molecular weight is 303 g/mol. The van der Waals surface area contributed by atoms with Crippen molar-refractivity contribution in [3.63, 3.8) is 0 Å². The molecule has 1 aromatic carbocycles. The number of hydrogen-bond acceptors (Lipinski definition) is 1. The quantitative estimate of drug-likeness (QED) is 0.665. The Morgan fingerprint density at radius 1 is 1.56 bits per heavy atom. The maximum absolute atomic E-state index is 11.7. The molecule has 0 radical (unpaired) electrons. The van der Waals surface area contributed by atoms with Crippen molar-refractivity contribution >= 4 is 33.4 Å². The molecule has 0 spiro atoms. The molecule has 0 heterocycles. The Bertz CT molecular complexity index is 404. The minimum Gasteiger partial charge on any atom is -0.352 e. The van der Waals surface area contributed by atoms with Gasteiger partial charge in [-0.25, -0.2) is 0 Å². The van der Waals surface area contributed by atoms with Gasteiger partial charge in [-0.05, 0) is 41.4 Å². The van der Waals surface area contributed by atoms with Gasteiger partial charge in [0, 0.05) is 11.0 Å². The SMILES string of the molecule is C/C=C/CCNC(=O)c1cccc(Br)c1Cl. The average Bonchev–Trinajstić information content (AvgIpc) is 2.28. The van der Waals surface area contributed by atoms with Gasteiger partial charge < -0.3 is 5.32 Å². The lowest BCUT2D eigenvalue weighted by Gasteiger charge is -2.06. The highest BCUT2D eigenvalue weighted by molar-refractivity contribution is 9.10. The van der Waals surface area contributed by atoms with Crippen LogP contribution in [-0.4, -0.2) is 12.5 Å². The van der Waals surface area contributed by atoms with Crippen molar-refractivity contribution in [1.29, 1.82) is 0 Å². The lowest BCUT2D eigenvalue weighted by Crippen LogP contribution is -2.24. The molecule has 0 atom stereocenters. The summed E-state index contributed by atoms with van der Waals surface area (Å²) in [6.45, 7) is 2.57. The first kappa shape index (κ1) is 13.3. The van der Waals surface area contributed by atoms with Crippen LogP contribution in [0.25, 0.3) is 0 Å². The largest absolute Gasteiger partial charge is 0.352 e. The Kier molecular flexibility index (Phi) is 5.56. The van der Waals surface area contributed by atoms with E-state index in [1.54, 1.807) is 18.2 Å². The zero-order valence-electron chi connectivity index (χ0n) is 8.97. The van der Waals surface area contributed by atoms with Gasteiger partial charge in [0.1, 0.15) is 0 Å². The molecule has 0 aromatic heterocycles. The highest BCUT2D eigenvalue weighted by Crippen LogP contribution is 2.25. The predicted octanol–water partition coefficient (Wildman–Crippen LogP) is 3.80. The van der Waals surface area contributed by atoms with E-state index in [2.05, 4.69) is 21.2 Å². The third-order valence-corrected chi connectivity index (χ3v) is 3.32. The number of carbonyl (C=O) groups excluding carboxylic acids is 1. The summed E-state index contributed by atoms with van der Waals surface area (Å²) in [5.74, 6) is -0.143. The van der Waals surface area contributed by atoms with E-state index < -0.39 is 0 Å². The highest BCUT2D eigenvalue weighted by atomic mass is 79.9. The second-order valence-electron chi connectivity index (χ2n) is 3.21. The highest BCUT2D eigenvalue weighted by Gasteiger charge is 2.10. The molecule has 0 fully saturated rings. The minimum absolute atomic E-state index is 0.143. The van der Waals surface area contributed by atoms with E-state index in [0.29, 0.717) is 17.1 Å². The van der Waals surface area contributed by atoms with Crippen LogP contribution in [-0.2, 0) is 0 Å². The third kappa shape index (κ3) is 3.65. The van der Waals surface area contributed by atoms with Crippen molar-refractivity contribution < 1.29 is 4.79 Å². The van der Waals surface area contributed by atoms with Crippen LogP contribution in [0.2, 0.25) is 5.02 Å². The van der Waals surface area contributed by atoms with Crippen LogP contribution in [0.5, 0.6) is 0 Å². The van der Waals surface area contributed by atoms with E-state index in [1.807, 2.05) is 19.1 Å². The number of carbonyl (C=O) groups is 1. The van der Waals surface area contributed by atoms with E-state index in [9.17, 15) is 4.79 Å². The monoisotopic (exact) mass is 301 g/mol. The Hall–Kier alpha value is -0.800. The maximum atomic E-state index is 11.7. The van der Waals surface area contributed by atoms with Gasteiger partial charge in [-0.2, -0.15) is 0 Å². The van der Waals surface area contributed by atoms with Crippen LogP contribution in [0.4, 0.5) is 0 Å². The molecule has 1 amide bonds. The molecule has 2 nitrogen and oxygen atoms in total. The van der Waals surface area contributed by atoms with Crippen LogP contribution in [0.1, 0.15) is 23.7 Å². The molecule has 0 aliphatic heterocycles. The van der Waals surface area contributed by atoms with Crippen molar-refractivity contribution in [2.75, 3.05) is 6.54 Å². The molecule has 0 aliphatic carbocycles. The van der Waals surface area contributed by atoms with Crippen molar-refractivity contribution in [2.45, 2.75) is 13.3 Å². The zero-order chi connectivity index (χ0) is 12.0. The van der Waals surface area contributed by atoms with E-state index in [4.69, 9.17) is 11.6 Å². The number of allylic oxidation sites excluding steroid dienone is 1. The molecule has 0 saturated heterocycles. The van der Waals surface area contributed by atoms with Crippen LogP contribution in [0.15, 0.2) is 34.8 Å². The Morgan fingerprint density at radius 3 is 3.00 bits per heavy atom. The van der Waals surface area contributed by atoms with Crippen LogP contribution in [0.3, 0.4) is 0 Å². The van der Waals surface area contributed by atoms with E-state index in [0.717, 1.165) is 10.9 Å². The summed E-state index contributed by atoms with van der Waals surface area (Å²) in [4.78, 5) is 11.7. The van der Waals surface area contributed by atoms with Crippen molar-refractivity contribution in [1.82, 2.24) is 5.32 Å².